The molecule has 1 aromatic carbocycles. The zero-order valence-corrected chi connectivity index (χ0v) is 12.1. The number of aryl methyl sites for hydroxylation is 1. The number of aliphatic hydroxyl groups excluding tert-OH is 1. The highest BCUT2D eigenvalue weighted by Crippen LogP contribution is 2.43. The molecule has 1 heterocycles. The van der Waals surface area contributed by atoms with E-state index in [-0.39, 0.29) is 11.8 Å². The average Bonchev–Trinajstić information content (AvgIpc) is 3.01. The topological polar surface area (TPSA) is 58.6 Å². The van der Waals surface area contributed by atoms with E-state index < -0.39 is 6.10 Å². The van der Waals surface area contributed by atoms with Gasteiger partial charge in [-0.2, -0.15) is 0 Å². The van der Waals surface area contributed by atoms with Crippen LogP contribution in [0.2, 0.25) is 0 Å². The monoisotopic (exact) mass is 287 g/mol. The Kier molecular flexibility index (Phi) is 3.14. The first kappa shape index (κ1) is 13.1. The predicted molar refractivity (Wildman–Crippen MR) is 78.5 cm³/mol. The highest BCUT2D eigenvalue weighted by molar-refractivity contribution is 5.81. The standard InChI is InChI=1S/C17H21NO3/c19-14(17(20)18-12-4-5-12)9-11-2-1-10-3-6-15-13(16(10)11)7-8-21-15/h3,6,11-12,14,19H,1-2,4-5,7-9H2,(H,18,20)/t11-,14-/m0/s1. The van der Waals surface area contributed by atoms with Gasteiger partial charge in [0.05, 0.1) is 6.61 Å². The molecule has 3 aliphatic rings. The summed E-state index contributed by atoms with van der Waals surface area (Å²) in [6, 6.07) is 4.52. The number of benzene rings is 1. The van der Waals surface area contributed by atoms with Gasteiger partial charge in [-0.25, -0.2) is 0 Å². The summed E-state index contributed by atoms with van der Waals surface area (Å²) < 4.78 is 5.64. The largest absolute Gasteiger partial charge is 0.493 e. The number of ether oxygens (including phenoxy) is 1. The maximum Gasteiger partial charge on any atom is 0.249 e. The third-order valence-electron chi connectivity index (χ3n) is 4.92. The summed E-state index contributed by atoms with van der Waals surface area (Å²) >= 11 is 0. The second-order valence-corrected chi connectivity index (χ2v) is 6.48. The molecule has 2 aliphatic carbocycles. The number of nitrogens with one attached hydrogen (secondary N) is 1. The first-order valence-corrected chi connectivity index (χ1v) is 7.98. The zero-order valence-electron chi connectivity index (χ0n) is 12.1. The number of carbonyl (C=O) groups excluding carboxylic acids is 1. The van der Waals surface area contributed by atoms with Crippen LogP contribution in [0.25, 0.3) is 0 Å². The van der Waals surface area contributed by atoms with Gasteiger partial charge in [0.2, 0.25) is 5.91 Å². The molecule has 0 bridgehead atoms. The van der Waals surface area contributed by atoms with Crippen molar-refractivity contribution in [3.8, 4) is 5.75 Å². The number of aliphatic hydroxyl groups is 1. The fourth-order valence-corrected chi connectivity index (χ4v) is 3.69. The molecule has 0 unspecified atom stereocenters. The summed E-state index contributed by atoms with van der Waals surface area (Å²) in [5, 5.41) is 13.1. The number of carbonyl (C=O) groups is 1. The summed E-state index contributed by atoms with van der Waals surface area (Å²) in [6.07, 6.45) is 4.77. The normalized spacial score (nSPS) is 24.1. The van der Waals surface area contributed by atoms with Crippen LogP contribution in [0, 0.1) is 0 Å². The summed E-state index contributed by atoms with van der Waals surface area (Å²) in [7, 11) is 0. The van der Waals surface area contributed by atoms with Gasteiger partial charge >= 0.3 is 0 Å². The molecule has 1 saturated carbocycles. The Morgan fingerprint density at radius 1 is 1.33 bits per heavy atom. The Morgan fingerprint density at radius 3 is 3.00 bits per heavy atom. The van der Waals surface area contributed by atoms with Gasteiger partial charge < -0.3 is 15.2 Å². The minimum Gasteiger partial charge on any atom is -0.493 e. The maximum atomic E-state index is 11.9. The van der Waals surface area contributed by atoms with Gasteiger partial charge in [0.1, 0.15) is 11.9 Å². The van der Waals surface area contributed by atoms with Crippen LogP contribution in [0.4, 0.5) is 0 Å². The lowest BCUT2D eigenvalue weighted by atomic mass is 9.90. The molecule has 0 radical (unpaired) electrons. The Balaban J connectivity index is 1.51. The van der Waals surface area contributed by atoms with Gasteiger partial charge in [0.25, 0.3) is 0 Å². The van der Waals surface area contributed by atoms with E-state index in [1.54, 1.807) is 0 Å². The number of fused-ring (bicyclic) bond motifs is 3. The van der Waals surface area contributed by atoms with E-state index in [4.69, 9.17) is 4.74 Å². The first-order chi connectivity index (χ1) is 10.2. The zero-order chi connectivity index (χ0) is 14.4. The van der Waals surface area contributed by atoms with E-state index in [0.29, 0.717) is 12.5 Å². The third kappa shape index (κ3) is 2.42. The molecular formula is C17H21NO3. The molecule has 2 N–H and O–H groups in total. The molecule has 2 atom stereocenters. The third-order valence-corrected chi connectivity index (χ3v) is 4.92. The Bertz CT molecular complexity index is 580. The van der Waals surface area contributed by atoms with Crippen LogP contribution in [0.5, 0.6) is 5.75 Å². The minimum atomic E-state index is -0.889. The van der Waals surface area contributed by atoms with Crippen LogP contribution >= 0.6 is 0 Å². The second kappa shape index (κ2) is 5.02. The van der Waals surface area contributed by atoms with Crippen LogP contribution in [-0.2, 0) is 17.6 Å². The number of rotatable bonds is 4. The molecule has 112 valence electrons. The van der Waals surface area contributed by atoms with E-state index in [0.717, 1.165) is 44.5 Å². The summed E-state index contributed by atoms with van der Waals surface area (Å²) in [6.45, 7) is 0.753. The van der Waals surface area contributed by atoms with Crippen molar-refractivity contribution >= 4 is 5.91 Å². The molecule has 0 saturated heterocycles. The SMILES string of the molecule is O=C(NC1CC1)[C@@H](O)C[C@@H]1CCc2ccc3c(c21)CCO3. The highest BCUT2D eigenvalue weighted by atomic mass is 16.5. The van der Waals surface area contributed by atoms with E-state index >= 15 is 0 Å². The van der Waals surface area contributed by atoms with Gasteiger partial charge in [0.15, 0.2) is 0 Å². The number of hydrogen-bond acceptors (Lipinski definition) is 3. The predicted octanol–water partition coefficient (Wildman–Crippen LogP) is 1.68. The van der Waals surface area contributed by atoms with E-state index in [2.05, 4.69) is 17.4 Å². The van der Waals surface area contributed by atoms with Crippen molar-refractivity contribution in [1.82, 2.24) is 5.32 Å². The number of hydrogen-bond donors (Lipinski definition) is 2. The Morgan fingerprint density at radius 2 is 2.19 bits per heavy atom. The Hall–Kier alpha value is -1.55. The lowest BCUT2D eigenvalue weighted by Gasteiger charge is -2.18. The molecule has 21 heavy (non-hydrogen) atoms. The molecule has 1 aliphatic heterocycles. The van der Waals surface area contributed by atoms with Crippen molar-refractivity contribution in [3.63, 3.8) is 0 Å². The van der Waals surface area contributed by atoms with Crippen molar-refractivity contribution in [3.05, 3.63) is 28.8 Å². The summed E-state index contributed by atoms with van der Waals surface area (Å²) in [4.78, 5) is 11.9. The van der Waals surface area contributed by atoms with Gasteiger partial charge in [-0.1, -0.05) is 6.07 Å². The van der Waals surface area contributed by atoms with Crippen molar-refractivity contribution < 1.29 is 14.6 Å². The quantitative estimate of drug-likeness (QED) is 0.886. The van der Waals surface area contributed by atoms with Crippen LogP contribution in [0.3, 0.4) is 0 Å². The van der Waals surface area contributed by atoms with E-state index in [1.807, 2.05) is 0 Å². The van der Waals surface area contributed by atoms with Crippen LogP contribution < -0.4 is 10.1 Å². The average molecular weight is 287 g/mol. The molecule has 4 rings (SSSR count). The lowest BCUT2D eigenvalue weighted by Crippen LogP contribution is -2.36. The molecular weight excluding hydrogens is 266 g/mol. The molecule has 4 nitrogen and oxygen atoms in total. The molecule has 4 heteroatoms. The summed E-state index contributed by atoms with van der Waals surface area (Å²) in [5.41, 5.74) is 4.03. The lowest BCUT2D eigenvalue weighted by molar-refractivity contribution is -0.130. The minimum absolute atomic E-state index is 0.199. The Labute approximate surface area is 124 Å². The van der Waals surface area contributed by atoms with Crippen molar-refractivity contribution in [2.24, 2.45) is 0 Å². The van der Waals surface area contributed by atoms with Crippen molar-refractivity contribution in [1.29, 1.82) is 0 Å². The molecule has 1 amide bonds. The van der Waals surface area contributed by atoms with Crippen LogP contribution in [0.1, 0.15) is 48.3 Å². The van der Waals surface area contributed by atoms with Gasteiger partial charge in [-0.3, -0.25) is 4.79 Å². The molecule has 1 aromatic rings. The van der Waals surface area contributed by atoms with E-state index in [1.165, 1.54) is 16.7 Å². The van der Waals surface area contributed by atoms with Crippen LogP contribution in [-0.4, -0.2) is 29.8 Å². The van der Waals surface area contributed by atoms with Crippen molar-refractivity contribution in [2.75, 3.05) is 6.61 Å². The fraction of sp³-hybridized carbons (Fsp3) is 0.588. The first-order valence-electron chi connectivity index (χ1n) is 7.98. The summed E-state index contributed by atoms with van der Waals surface area (Å²) in [5.74, 6) is 1.09. The second-order valence-electron chi connectivity index (χ2n) is 6.48. The van der Waals surface area contributed by atoms with Gasteiger partial charge in [-0.15, -0.1) is 0 Å². The fourth-order valence-electron chi connectivity index (χ4n) is 3.69. The smallest absolute Gasteiger partial charge is 0.249 e. The molecule has 0 spiro atoms. The molecule has 0 aromatic heterocycles. The van der Waals surface area contributed by atoms with Crippen molar-refractivity contribution in [2.45, 2.75) is 56.6 Å². The van der Waals surface area contributed by atoms with Gasteiger partial charge in [0, 0.05) is 18.0 Å². The van der Waals surface area contributed by atoms with Crippen LogP contribution in [0.15, 0.2) is 12.1 Å². The van der Waals surface area contributed by atoms with Gasteiger partial charge in [-0.05, 0) is 55.2 Å². The van der Waals surface area contributed by atoms with E-state index in [9.17, 15) is 9.90 Å². The highest BCUT2D eigenvalue weighted by Gasteiger charge is 2.33. The number of amides is 1. The maximum absolute atomic E-state index is 11.9. The molecule has 1 fully saturated rings.